The molecule has 0 N–H and O–H groups in total. The van der Waals surface area contributed by atoms with E-state index in [-0.39, 0.29) is 22.5 Å². The molecule has 1 fully saturated rings. The Morgan fingerprint density at radius 2 is 0.607 bits per heavy atom. The summed E-state index contributed by atoms with van der Waals surface area (Å²) in [6.07, 6.45) is 2.82. The number of alkyl halides is 6. The van der Waals surface area contributed by atoms with Crippen LogP contribution in [-0.2, 0) is 0 Å². The molecule has 2 unspecified atom stereocenters. The van der Waals surface area contributed by atoms with E-state index in [4.69, 9.17) is 13.1 Å². The van der Waals surface area contributed by atoms with Crippen molar-refractivity contribution in [3.8, 4) is 12.1 Å². The first-order valence-corrected chi connectivity index (χ1v) is 30.0. The smallest absolute Gasteiger partial charge is 0.226 e. The molecule has 4 aliphatic rings. The molecule has 0 bridgehead atoms. The van der Waals surface area contributed by atoms with Crippen molar-refractivity contribution in [2.75, 3.05) is 0 Å². The van der Waals surface area contributed by atoms with Crippen LogP contribution < -0.4 is 0 Å². The van der Waals surface area contributed by atoms with Gasteiger partial charge in [0.2, 0.25) is 0 Å². The zero-order valence-corrected chi connectivity index (χ0v) is 49.9. The van der Waals surface area contributed by atoms with Crippen LogP contribution in [0.4, 0.5) is 26.3 Å². The lowest BCUT2D eigenvalue weighted by Gasteiger charge is -2.47. The van der Waals surface area contributed by atoms with Gasteiger partial charge in [-0.15, -0.1) is 23.5 Å². The van der Waals surface area contributed by atoms with Crippen molar-refractivity contribution in [3.63, 3.8) is 0 Å². The highest BCUT2D eigenvalue weighted by Gasteiger charge is 2.84. The van der Waals surface area contributed by atoms with E-state index >= 15 is 26.3 Å². The number of hydrogen-bond acceptors (Lipinski definition) is 4. The third-order valence-electron chi connectivity index (χ3n) is 17.3. The van der Waals surface area contributed by atoms with E-state index in [9.17, 15) is 10.5 Å². The molecule has 2 atom stereocenters. The Kier molecular flexibility index (Phi) is 15.2. The average Bonchev–Trinajstić information content (AvgIpc) is 1.49. The van der Waals surface area contributed by atoms with Gasteiger partial charge in [-0.1, -0.05) is 218 Å². The Bertz CT molecular complexity index is 4320. The number of thioether (sulfide) groups is 2. The first kappa shape index (κ1) is 59.3. The highest BCUT2D eigenvalue weighted by atomic mass is 32.2. The molecule has 89 heavy (non-hydrogen) atoms. The Labute approximate surface area is 521 Å². The molecule has 0 spiro atoms. The molecule has 2 heterocycles. The van der Waals surface area contributed by atoms with Gasteiger partial charge in [0.25, 0.3) is 11.4 Å². The average molecular weight is 1210 g/mol. The predicted octanol–water partition coefficient (Wildman–Crippen LogP) is 21.0. The molecule has 8 aromatic carbocycles. The Balaban J connectivity index is 0.949. The highest BCUT2D eigenvalue weighted by molar-refractivity contribution is 8.14. The third-order valence-corrected chi connectivity index (χ3v) is 20.7. The van der Waals surface area contributed by atoms with Crippen LogP contribution in [0.3, 0.4) is 0 Å². The number of allylic oxidation sites excluding steroid dienone is 8. The fourth-order valence-electron chi connectivity index (χ4n) is 12.5. The largest absolute Gasteiger partial charge is 0.380 e. The minimum absolute atomic E-state index is 0.00496. The fraction of sp³-hybridized carbons (Fsp3) is 0.117. The number of benzene rings is 8. The molecule has 2 aliphatic carbocycles. The molecule has 0 aromatic heterocycles. The second kappa shape index (κ2) is 22.9. The van der Waals surface area contributed by atoms with Gasteiger partial charge in [0.1, 0.15) is 0 Å². The molecule has 0 radical (unpaired) electrons. The zero-order chi connectivity index (χ0) is 62.6. The number of halogens is 6. The molecule has 8 aromatic rings. The summed E-state index contributed by atoms with van der Waals surface area (Å²) in [4.78, 5) is 7.71. The van der Waals surface area contributed by atoms with Crippen LogP contribution >= 0.6 is 23.5 Å². The molecular weight excluding hydrogens is 1160 g/mol. The first-order valence-electron chi connectivity index (χ1n) is 28.4. The summed E-state index contributed by atoms with van der Waals surface area (Å²) >= 11 is 2.40. The van der Waals surface area contributed by atoms with E-state index in [1.807, 2.05) is 231 Å². The maximum atomic E-state index is 16.7. The first-order chi connectivity index (χ1) is 42.8. The van der Waals surface area contributed by atoms with Gasteiger partial charge in [-0.3, -0.25) is 0 Å². The minimum Gasteiger partial charge on any atom is -0.226 e. The zero-order valence-electron chi connectivity index (χ0n) is 48.3. The van der Waals surface area contributed by atoms with Gasteiger partial charge in [0.15, 0.2) is 0 Å². The van der Waals surface area contributed by atoms with Crippen LogP contribution in [-0.4, -0.2) is 27.3 Å². The van der Waals surface area contributed by atoms with Crippen molar-refractivity contribution in [3.05, 3.63) is 354 Å². The molecular formula is C77H50F6N4S2. The van der Waals surface area contributed by atoms with Crippen molar-refractivity contribution in [2.45, 2.75) is 55.0 Å². The lowest BCUT2D eigenvalue weighted by atomic mass is 9.71. The molecule has 0 amide bonds. The van der Waals surface area contributed by atoms with E-state index in [1.54, 1.807) is 27.7 Å². The lowest BCUT2D eigenvalue weighted by Crippen LogP contribution is -2.48. The number of nitriles is 2. The highest BCUT2D eigenvalue weighted by Crippen LogP contribution is 2.75. The van der Waals surface area contributed by atoms with E-state index < -0.39 is 38.4 Å². The molecule has 2 aliphatic heterocycles. The van der Waals surface area contributed by atoms with Gasteiger partial charge in [-0.05, 0) is 151 Å². The van der Waals surface area contributed by atoms with Crippen LogP contribution in [0.2, 0.25) is 0 Å². The fourth-order valence-corrected chi connectivity index (χ4v) is 15.6. The summed E-state index contributed by atoms with van der Waals surface area (Å²) in [5.74, 6) is -16.2. The van der Waals surface area contributed by atoms with E-state index in [0.717, 1.165) is 77.9 Å². The number of hydrogen-bond donors (Lipinski definition) is 0. The van der Waals surface area contributed by atoms with Crippen molar-refractivity contribution in [1.29, 1.82) is 10.5 Å². The van der Waals surface area contributed by atoms with Gasteiger partial charge >= 0.3 is 17.8 Å². The summed E-state index contributed by atoms with van der Waals surface area (Å²) in [5.41, 5.74) is 10.7. The third kappa shape index (κ3) is 9.72. The molecule has 12 heteroatoms. The predicted molar refractivity (Wildman–Crippen MR) is 348 cm³/mol. The topological polar surface area (TPSA) is 56.3 Å². The normalized spacial score (nSPS) is 20.3. The van der Waals surface area contributed by atoms with Gasteiger partial charge in [-0.25, -0.2) is 20.2 Å². The second-order valence-electron chi connectivity index (χ2n) is 22.3. The summed E-state index contributed by atoms with van der Waals surface area (Å²) in [7, 11) is 0. The number of nitrogens with zero attached hydrogens (tertiary/aromatic N) is 4. The van der Waals surface area contributed by atoms with Crippen LogP contribution in [0.15, 0.2) is 264 Å². The van der Waals surface area contributed by atoms with Crippen molar-refractivity contribution in [1.82, 2.24) is 0 Å². The summed E-state index contributed by atoms with van der Waals surface area (Å²) in [6.45, 7) is 21.9. The number of rotatable bonds is 12. The van der Waals surface area contributed by atoms with Gasteiger partial charge in [0.05, 0.1) is 34.8 Å². The van der Waals surface area contributed by atoms with Crippen LogP contribution in [0.1, 0.15) is 94.5 Å². The van der Waals surface area contributed by atoms with E-state index in [0.29, 0.717) is 32.1 Å². The second-order valence-corrected chi connectivity index (χ2v) is 25.2. The Morgan fingerprint density at radius 3 is 0.854 bits per heavy atom. The van der Waals surface area contributed by atoms with Gasteiger partial charge in [-0.2, -0.15) is 26.3 Å². The van der Waals surface area contributed by atoms with E-state index in [1.165, 1.54) is 35.7 Å². The minimum atomic E-state index is -5.74. The molecule has 0 saturated heterocycles. The standard InChI is InChI=1S/C77H50F6N4S2/c1-47(63(45-84)86-5)49-27-35-57(36-28-49)67(53-19-11-7-12-20-53)69(55-23-15-9-16-24-55)59-39-31-51(32-40-59)65-43-61-71-72(76(80,81)77(82,83)75(71,78)79)62-44-66(89-74(62,4)73(61,3)88-65)52-33-41-60(42-34-52)70(56-25-17-10-18-26-56)68(54-21-13-8-14-22-54)58-37-29-50(30-38-58)48(2)64(46-85)87-6/h7-44H,1-4H3/b63-47-,64-48+,69-67?,70-68?. The van der Waals surface area contributed by atoms with Crippen LogP contribution in [0.5, 0.6) is 0 Å². The maximum absolute atomic E-state index is 16.7. The Hall–Kier alpha value is -10.1. The van der Waals surface area contributed by atoms with Crippen molar-refractivity contribution < 1.29 is 26.3 Å². The van der Waals surface area contributed by atoms with Crippen molar-refractivity contribution in [2.24, 2.45) is 0 Å². The quantitative estimate of drug-likeness (QED) is 0.0529. The van der Waals surface area contributed by atoms with E-state index in [2.05, 4.69) is 9.69 Å². The van der Waals surface area contributed by atoms with Crippen molar-refractivity contribution >= 4 is 66.8 Å². The number of fused-ring (bicyclic) bond motifs is 4. The monoisotopic (exact) mass is 1210 g/mol. The van der Waals surface area contributed by atoms with Crippen LogP contribution in [0, 0.1) is 35.8 Å². The Morgan fingerprint density at radius 1 is 0.371 bits per heavy atom. The molecule has 432 valence electrons. The maximum Gasteiger partial charge on any atom is 0.380 e. The molecule has 1 saturated carbocycles. The molecule has 4 nitrogen and oxygen atoms in total. The van der Waals surface area contributed by atoms with Gasteiger partial charge < -0.3 is 0 Å². The van der Waals surface area contributed by atoms with Gasteiger partial charge in [0, 0.05) is 21.0 Å². The lowest BCUT2D eigenvalue weighted by molar-refractivity contribution is -0.258. The summed E-state index contributed by atoms with van der Waals surface area (Å²) in [6, 6.07) is 73.5. The summed E-state index contributed by atoms with van der Waals surface area (Å²) < 4.78 is 96.1. The molecule has 12 rings (SSSR count). The SMILES string of the molecule is [C-]#[N+]/C(C#N)=C(/C)c1ccc(C(=C(c2ccccc2)c2ccc(C3=CC4=C5C(=C6C=C(c7ccc(C(=C(c8ccccc8)c8ccc(/C(C)=C(\C#N)[N+]#[C-])cc8)c8ccccc8)cc7)SC6(C)C4(C)S3)C(F)(F)C(F)(F)C5(F)F)cc2)c2ccccc2)cc1. The summed E-state index contributed by atoms with van der Waals surface area (Å²) in [5, 5.41) is 19.2. The van der Waals surface area contributed by atoms with Crippen LogP contribution in [0.25, 0.3) is 52.9 Å².